The number of allylic oxidation sites excluding steroid dienone is 1. The number of hydrogen-bond acceptors (Lipinski definition) is 6. The highest BCUT2D eigenvalue weighted by atomic mass is 32.1. The van der Waals surface area contributed by atoms with Crippen LogP contribution in [-0.2, 0) is 11.2 Å². The quantitative estimate of drug-likeness (QED) is 0.614. The Labute approximate surface area is 164 Å². The number of anilines is 1. The van der Waals surface area contributed by atoms with Crippen LogP contribution in [0.4, 0.5) is 5.69 Å². The number of thiazole rings is 1. The van der Waals surface area contributed by atoms with E-state index in [4.69, 9.17) is 9.72 Å². The van der Waals surface area contributed by atoms with Crippen molar-refractivity contribution in [1.29, 1.82) is 0 Å². The maximum Gasteiger partial charge on any atom is 0.339 e. The molecule has 0 saturated carbocycles. The molecule has 0 saturated heterocycles. The lowest BCUT2D eigenvalue weighted by Crippen LogP contribution is -2.13. The minimum absolute atomic E-state index is 0.243. The lowest BCUT2D eigenvalue weighted by Gasteiger charge is -2.17. The fourth-order valence-corrected chi connectivity index (χ4v) is 4.53. The zero-order valence-corrected chi connectivity index (χ0v) is 17.1. The zero-order valence-electron chi connectivity index (χ0n) is 16.3. The SMILES string of the molecule is CC=CCOC(=O)c1cc(N(C)C)cc(C)c1-c1nc2c(s1)C(O)CCC2. The summed E-state index contributed by atoms with van der Waals surface area (Å²) in [4.78, 5) is 20.5. The Morgan fingerprint density at radius 1 is 1.44 bits per heavy atom. The molecule has 1 heterocycles. The van der Waals surface area contributed by atoms with Gasteiger partial charge >= 0.3 is 5.97 Å². The van der Waals surface area contributed by atoms with Crippen molar-refractivity contribution < 1.29 is 14.6 Å². The first-order valence-electron chi connectivity index (χ1n) is 9.20. The Hall–Kier alpha value is -2.18. The number of esters is 1. The fraction of sp³-hybridized carbons (Fsp3) is 0.429. The van der Waals surface area contributed by atoms with Gasteiger partial charge in [-0.2, -0.15) is 0 Å². The van der Waals surface area contributed by atoms with Gasteiger partial charge in [0.1, 0.15) is 11.6 Å². The number of rotatable bonds is 5. The number of aryl methyl sites for hydroxylation is 2. The number of benzene rings is 1. The van der Waals surface area contributed by atoms with Crippen LogP contribution in [0.15, 0.2) is 24.3 Å². The van der Waals surface area contributed by atoms with Crippen LogP contribution in [-0.4, -0.2) is 36.8 Å². The number of fused-ring (bicyclic) bond motifs is 1. The molecule has 0 bridgehead atoms. The first-order chi connectivity index (χ1) is 12.9. The minimum atomic E-state index is -0.452. The third-order valence-electron chi connectivity index (χ3n) is 4.74. The molecule has 2 aromatic rings. The molecule has 5 nitrogen and oxygen atoms in total. The van der Waals surface area contributed by atoms with E-state index in [0.29, 0.717) is 5.56 Å². The van der Waals surface area contributed by atoms with E-state index in [1.165, 1.54) is 11.3 Å². The largest absolute Gasteiger partial charge is 0.458 e. The van der Waals surface area contributed by atoms with Crippen LogP contribution in [0, 0.1) is 6.92 Å². The van der Waals surface area contributed by atoms with E-state index >= 15 is 0 Å². The van der Waals surface area contributed by atoms with Gasteiger partial charge in [0.05, 0.1) is 22.2 Å². The van der Waals surface area contributed by atoms with Gasteiger partial charge in [-0.25, -0.2) is 9.78 Å². The third-order valence-corrected chi connectivity index (χ3v) is 5.95. The van der Waals surface area contributed by atoms with Gasteiger partial charge < -0.3 is 14.7 Å². The first kappa shape index (κ1) is 19.6. The molecule has 1 aromatic carbocycles. The molecular formula is C21H26N2O3S. The Bertz CT molecular complexity index is 871. The van der Waals surface area contributed by atoms with Crippen molar-refractivity contribution in [2.24, 2.45) is 0 Å². The number of ether oxygens (including phenoxy) is 1. The van der Waals surface area contributed by atoms with Gasteiger partial charge in [0.25, 0.3) is 0 Å². The van der Waals surface area contributed by atoms with Crippen molar-refractivity contribution in [1.82, 2.24) is 4.98 Å². The van der Waals surface area contributed by atoms with Crippen LogP contribution in [0.25, 0.3) is 10.6 Å². The van der Waals surface area contributed by atoms with Gasteiger partial charge in [-0.1, -0.05) is 12.2 Å². The predicted molar refractivity (Wildman–Crippen MR) is 110 cm³/mol. The summed E-state index contributed by atoms with van der Waals surface area (Å²) < 4.78 is 5.43. The lowest BCUT2D eigenvalue weighted by molar-refractivity contribution is 0.0550. The van der Waals surface area contributed by atoms with Crippen molar-refractivity contribution in [3.8, 4) is 10.6 Å². The summed E-state index contributed by atoms with van der Waals surface area (Å²) in [6, 6.07) is 3.91. The summed E-state index contributed by atoms with van der Waals surface area (Å²) in [6.07, 6.45) is 5.79. The van der Waals surface area contributed by atoms with E-state index in [-0.39, 0.29) is 12.6 Å². The predicted octanol–water partition coefficient (Wildman–Crippen LogP) is 4.29. The Morgan fingerprint density at radius 2 is 2.22 bits per heavy atom. The fourth-order valence-electron chi connectivity index (χ4n) is 3.27. The maximum atomic E-state index is 12.8. The number of nitrogens with zero attached hydrogens (tertiary/aromatic N) is 2. The Morgan fingerprint density at radius 3 is 2.89 bits per heavy atom. The number of aliphatic hydroxyl groups excluding tert-OH is 1. The van der Waals surface area contributed by atoms with Crippen molar-refractivity contribution in [2.75, 3.05) is 25.6 Å². The molecule has 3 rings (SSSR count). The molecule has 1 aliphatic rings. The van der Waals surface area contributed by atoms with Crippen LogP contribution < -0.4 is 4.90 Å². The number of carbonyl (C=O) groups excluding carboxylic acids is 1. The Kier molecular flexibility index (Phi) is 5.97. The van der Waals surface area contributed by atoms with E-state index < -0.39 is 6.10 Å². The average molecular weight is 387 g/mol. The van der Waals surface area contributed by atoms with E-state index in [0.717, 1.165) is 51.7 Å². The minimum Gasteiger partial charge on any atom is -0.458 e. The molecule has 0 aliphatic heterocycles. The smallest absolute Gasteiger partial charge is 0.339 e. The molecule has 1 aliphatic carbocycles. The summed E-state index contributed by atoms with van der Waals surface area (Å²) >= 11 is 1.49. The third kappa shape index (κ3) is 4.06. The molecule has 144 valence electrons. The van der Waals surface area contributed by atoms with Crippen LogP contribution in [0.5, 0.6) is 0 Å². The van der Waals surface area contributed by atoms with E-state index in [1.54, 1.807) is 6.08 Å². The van der Waals surface area contributed by atoms with Crippen molar-refractivity contribution in [2.45, 2.75) is 39.2 Å². The van der Waals surface area contributed by atoms with Crippen LogP contribution in [0.3, 0.4) is 0 Å². The molecule has 1 atom stereocenters. The molecule has 0 spiro atoms. The van der Waals surface area contributed by atoms with Crippen LogP contribution in [0.2, 0.25) is 0 Å². The van der Waals surface area contributed by atoms with E-state index in [1.807, 2.05) is 45.0 Å². The molecule has 0 amide bonds. The van der Waals surface area contributed by atoms with Crippen molar-refractivity contribution >= 4 is 23.0 Å². The highest BCUT2D eigenvalue weighted by molar-refractivity contribution is 7.15. The molecule has 1 N–H and O–H groups in total. The van der Waals surface area contributed by atoms with Gasteiger partial charge in [-0.05, 0) is 50.8 Å². The molecular weight excluding hydrogens is 360 g/mol. The zero-order chi connectivity index (χ0) is 19.6. The van der Waals surface area contributed by atoms with Crippen molar-refractivity contribution in [3.63, 3.8) is 0 Å². The summed E-state index contributed by atoms with van der Waals surface area (Å²) in [5.41, 5.74) is 4.19. The van der Waals surface area contributed by atoms with Gasteiger partial charge in [0, 0.05) is 25.3 Å². The topological polar surface area (TPSA) is 62.7 Å². The van der Waals surface area contributed by atoms with Crippen molar-refractivity contribution in [3.05, 3.63) is 46.0 Å². The summed E-state index contributed by atoms with van der Waals surface area (Å²) in [7, 11) is 3.89. The molecule has 0 radical (unpaired) electrons. The maximum absolute atomic E-state index is 12.8. The number of aromatic nitrogens is 1. The van der Waals surface area contributed by atoms with Gasteiger partial charge in [-0.15, -0.1) is 11.3 Å². The Balaban J connectivity index is 2.09. The standard InChI is InChI=1S/C21H26N2O3S/c1-5-6-10-26-21(25)15-12-14(23(3)4)11-13(2)18(15)20-22-16-8-7-9-17(24)19(16)27-20/h5-6,11-12,17,24H,7-10H2,1-4H3. The number of hydrogen-bond donors (Lipinski definition) is 1. The summed E-state index contributed by atoms with van der Waals surface area (Å²) in [6.45, 7) is 4.12. The van der Waals surface area contributed by atoms with Crippen LogP contribution in [0.1, 0.15) is 52.4 Å². The second kappa shape index (κ2) is 8.23. The summed E-state index contributed by atoms with van der Waals surface area (Å²) in [5.74, 6) is -0.358. The normalized spacial score (nSPS) is 16.4. The first-order valence-corrected chi connectivity index (χ1v) is 10.0. The van der Waals surface area contributed by atoms with Gasteiger partial charge in [0.2, 0.25) is 0 Å². The highest BCUT2D eigenvalue weighted by Gasteiger charge is 2.26. The average Bonchev–Trinajstić information content (AvgIpc) is 3.06. The van der Waals surface area contributed by atoms with E-state index in [9.17, 15) is 9.90 Å². The molecule has 6 heteroatoms. The monoisotopic (exact) mass is 386 g/mol. The van der Waals surface area contributed by atoms with E-state index in [2.05, 4.69) is 6.07 Å². The van der Waals surface area contributed by atoms with Crippen LogP contribution >= 0.6 is 11.3 Å². The molecule has 1 unspecified atom stereocenters. The molecule has 27 heavy (non-hydrogen) atoms. The molecule has 1 aromatic heterocycles. The van der Waals surface area contributed by atoms with Gasteiger partial charge in [-0.3, -0.25) is 0 Å². The molecule has 0 fully saturated rings. The summed E-state index contributed by atoms with van der Waals surface area (Å²) in [5, 5.41) is 11.1. The number of aliphatic hydroxyl groups is 1. The second-order valence-corrected chi connectivity index (χ2v) is 8.02. The lowest BCUT2D eigenvalue weighted by atomic mass is 9.99. The number of carbonyl (C=O) groups is 1. The highest BCUT2D eigenvalue weighted by Crippen LogP contribution is 2.40. The van der Waals surface area contributed by atoms with Gasteiger partial charge in [0.15, 0.2) is 0 Å². The second-order valence-electron chi connectivity index (χ2n) is 6.99.